The summed E-state index contributed by atoms with van der Waals surface area (Å²) in [5.41, 5.74) is 2.89. The average molecular weight is 357 g/mol. The number of hydrogen-bond donors (Lipinski definition) is 1. The summed E-state index contributed by atoms with van der Waals surface area (Å²) >= 11 is 0. The second kappa shape index (κ2) is 8.39. The third kappa shape index (κ3) is 4.30. The fourth-order valence-corrected chi connectivity index (χ4v) is 5.31. The molecule has 0 amide bonds. The molecule has 3 aliphatic rings. The van der Waals surface area contributed by atoms with E-state index in [1.165, 1.54) is 69.8 Å². The van der Waals surface area contributed by atoms with Crippen LogP contribution in [0.4, 0.5) is 0 Å². The van der Waals surface area contributed by atoms with Crippen molar-refractivity contribution in [2.75, 3.05) is 52.9 Å². The second-order valence-corrected chi connectivity index (χ2v) is 8.75. The van der Waals surface area contributed by atoms with Crippen molar-refractivity contribution in [2.45, 2.75) is 38.9 Å². The first-order valence-electron chi connectivity index (χ1n) is 10.7. The molecule has 4 rings (SSSR count). The minimum Gasteiger partial charge on any atom is -0.309 e. The second-order valence-electron chi connectivity index (χ2n) is 8.75. The molecule has 1 aromatic carbocycles. The molecule has 2 atom stereocenters. The summed E-state index contributed by atoms with van der Waals surface area (Å²) in [4.78, 5) is 7.66. The fraction of sp³-hybridized carbons (Fsp3) is 0.727. The van der Waals surface area contributed by atoms with Crippen LogP contribution in [0, 0.1) is 11.8 Å². The van der Waals surface area contributed by atoms with Crippen LogP contribution in [-0.2, 0) is 13.1 Å². The van der Waals surface area contributed by atoms with Crippen molar-refractivity contribution in [2.24, 2.45) is 11.8 Å². The van der Waals surface area contributed by atoms with Crippen molar-refractivity contribution >= 4 is 0 Å². The first-order valence-corrected chi connectivity index (χ1v) is 10.7. The lowest BCUT2D eigenvalue weighted by Crippen LogP contribution is -2.49. The van der Waals surface area contributed by atoms with Crippen LogP contribution >= 0.6 is 0 Å². The molecule has 0 spiro atoms. The van der Waals surface area contributed by atoms with Gasteiger partial charge in [-0.15, -0.1) is 0 Å². The van der Waals surface area contributed by atoms with E-state index in [1.54, 1.807) is 0 Å². The molecule has 1 N–H and O–H groups in total. The van der Waals surface area contributed by atoms with Crippen LogP contribution < -0.4 is 5.32 Å². The lowest BCUT2D eigenvalue weighted by Gasteiger charge is -2.36. The van der Waals surface area contributed by atoms with Crippen LogP contribution in [0.25, 0.3) is 0 Å². The van der Waals surface area contributed by atoms with Crippen molar-refractivity contribution in [1.82, 2.24) is 20.0 Å². The molecule has 26 heavy (non-hydrogen) atoms. The number of piperidine rings is 1. The Labute approximate surface area is 159 Å². The lowest BCUT2D eigenvalue weighted by molar-refractivity contribution is 0.132. The van der Waals surface area contributed by atoms with E-state index < -0.39 is 0 Å². The van der Waals surface area contributed by atoms with E-state index in [2.05, 4.69) is 58.3 Å². The summed E-state index contributed by atoms with van der Waals surface area (Å²) in [6.07, 6.45) is 2.83. The van der Waals surface area contributed by atoms with Crippen molar-refractivity contribution < 1.29 is 0 Å². The zero-order valence-electron chi connectivity index (χ0n) is 16.7. The maximum atomic E-state index is 3.89. The Kier molecular flexibility index (Phi) is 5.94. The number of likely N-dealkylation sites (tertiary alicyclic amines) is 1. The summed E-state index contributed by atoms with van der Waals surface area (Å²) in [6, 6.07) is 10.1. The number of rotatable bonds is 6. The summed E-state index contributed by atoms with van der Waals surface area (Å²) < 4.78 is 0. The first kappa shape index (κ1) is 18.4. The van der Waals surface area contributed by atoms with Crippen LogP contribution in [0.1, 0.15) is 30.9 Å². The van der Waals surface area contributed by atoms with E-state index in [4.69, 9.17) is 0 Å². The van der Waals surface area contributed by atoms with Gasteiger partial charge >= 0.3 is 0 Å². The Hall–Kier alpha value is -0.940. The molecule has 1 aliphatic carbocycles. The highest BCUT2D eigenvalue weighted by atomic mass is 15.3. The summed E-state index contributed by atoms with van der Waals surface area (Å²) in [5.74, 6) is 1.72. The zero-order chi connectivity index (χ0) is 17.9. The maximum absolute atomic E-state index is 3.89. The average Bonchev–Trinajstić information content (AvgIpc) is 2.91. The summed E-state index contributed by atoms with van der Waals surface area (Å²) in [6.45, 7) is 13.0. The van der Waals surface area contributed by atoms with Gasteiger partial charge in [-0.1, -0.05) is 31.2 Å². The van der Waals surface area contributed by atoms with Gasteiger partial charge in [0.1, 0.15) is 0 Å². The smallest absolute Gasteiger partial charge is 0.0234 e. The quantitative estimate of drug-likeness (QED) is 0.844. The van der Waals surface area contributed by atoms with Gasteiger partial charge in [0.25, 0.3) is 0 Å². The van der Waals surface area contributed by atoms with E-state index in [-0.39, 0.29) is 0 Å². The van der Waals surface area contributed by atoms with Gasteiger partial charge in [0.15, 0.2) is 0 Å². The Morgan fingerprint density at radius 3 is 2.08 bits per heavy atom. The molecule has 1 aromatic rings. The van der Waals surface area contributed by atoms with Gasteiger partial charge in [0.05, 0.1) is 0 Å². The van der Waals surface area contributed by atoms with Gasteiger partial charge in [0, 0.05) is 58.4 Å². The molecule has 144 valence electrons. The monoisotopic (exact) mass is 356 g/mol. The molecule has 1 saturated carbocycles. The molecule has 4 nitrogen and oxygen atoms in total. The number of hydrogen-bond acceptors (Lipinski definition) is 4. The van der Waals surface area contributed by atoms with Crippen molar-refractivity contribution in [3.8, 4) is 0 Å². The molecule has 0 radical (unpaired) electrons. The van der Waals surface area contributed by atoms with Gasteiger partial charge in [0.2, 0.25) is 0 Å². The predicted molar refractivity (Wildman–Crippen MR) is 108 cm³/mol. The van der Waals surface area contributed by atoms with Gasteiger partial charge in [-0.2, -0.15) is 0 Å². The van der Waals surface area contributed by atoms with E-state index in [1.807, 2.05) is 0 Å². The van der Waals surface area contributed by atoms with Crippen LogP contribution in [-0.4, -0.2) is 73.6 Å². The third-order valence-corrected chi connectivity index (χ3v) is 6.90. The van der Waals surface area contributed by atoms with Crippen LogP contribution in [0.15, 0.2) is 24.3 Å². The number of fused-ring (bicyclic) bond motifs is 2. The van der Waals surface area contributed by atoms with E-state index in [0.717, 1.165) is 31.0 Å². The molecule has 3 fully saturated rings. The fourth-order valence-electron chi connectivity index (χ4n) is 5.31. The van der Waals surface area contributed by atoms with Crippen molar-refractivity contribution in [3.05, 3.63) is 35.4 Å². The highest BCUT2D eigenvalue weighted by Gasteiger charge is 2.40. The van der Waals surface area contributed by atoms with Crippen molar-refractivity contribution in [1.29, 1.82) is 0 Å². The molecule has 2 heterocycles. The normalized spacial score (nSPS) is 30.8. The minimum absolute atomic E-state index is 0.737. The van der Waals surface area contributed by atoms with Crippen LogP contribution in [0.3, 0.4) is 0 Å². The van der Waals surface area contributed by atoms with Crippen LogP contribution in [0.5, 0.6) is 0 Å². The topological polar surface area (TPSA) is 21.8 Å². The minimum atomic E-state index is 0.737. The highest BCUT2D eigenvalue weighted by Crippen LogP contribution is 2.36. The molecule has 2 saturated heterocycles. The molecule has 0 aromatic heterocycles. The van der Waals surface area contributed by atoms with Crippen molar-refractivity contribution in [3.63, 3.8) is 0 Å². The number of benzene rings is 1. The molecule has 2 aliphatic heterocycles. The number of nitrogens with zero attached hydrogens (tertiary/aromatic N) is 3. The number of nitrogens with one attached hydrogen (secondary N) is 1. The van der Waals surface area contributed by atoms with E-state index in [9.17, 15) is 0 Å². The van der Waals surface area contributed by atoms with Gasteiger partial charge in [-0.05, 0) is 49.4 Å². The largest absolute Gasteiger partial charge is 0.309 e. The van der Waals surface area contributed by atoms with Crippen LogP contribution in [0.2, 0.25) is 0 Å². The molecule has 2 unspecified atom stereocenters. The van der Waals surface area contributed by atoms with Gasteiger partial charge in [-0.25, -0.2) is 0 Å². The maximum Gasteiger partial charge on any atom is 0.0234 e. The zero-order valence-corrected chi connectivity index (χ0v) is 16.7. The Balaban J connectivity index is 1.25. The summed E-state index contributed by atoms with van der Waals surface area (Å²) in [5, 5.41) is 3.89. The Bertz CT molecular complexity index is 550. The van der Waals surface area contributed by atoms with E-state index >= 15 is 0 Å². The molecule has 4 heteroatoms. The standard InChI is InChI=1S/C22H36N4/c1-3-25-10-12-26(13-11-25)15-19-6-4-18(5-7-19)14-23-22-20-8-9-21(22)17-24(2)16-20/h4-7,20-23H,3,8-17H2,1-2H3. The molecule has 2 bridgehead atoms. The lowest BCUT2D eigenvalue weighted by atomic mass is 9.92. The third-order valence-electron chi connectivity index (χ3n) is 6.90. The van der Waals surface area contributed by atoms with E-state index in [0.29, 0.717) is 0 Å². The summed E-state index contributed by atoms with van der Waals surface area (Å²) in [7, 11) is 2.28. The first-order chi connectivity index (χ1) is 12.7. The molecular weight excluding hydrogens is 320 g/mol. The number of piperazine rings is 1. The number of likely N-dealkylation sites (N-methyl/N-ethyl adjacent to an activating group) is 1. The Morgan fingerprint density at radius 1 is 0.885 bits per heavy atom. The molecular formula is C22H36N4. The SMILES string of the molecule is CCN1CCN(Cc2ccc(CNC3C4CCC3CN(C)C4)cc2)CC1. The highest BCUT2D eigenvalue weighted by molar-refractivity contribution is 5.22. The predicted octanol–water partition coefficient (Wildman–Crippen LogP) is 2.25. The Morgan fingerprint density at radius 2 is 1.46 bits per heavy atom. The van der Waals surface area contributed by atoms with Gasteiger partial charge in [-0.3, -0.25) is 4.90 Å². The van der Waals surface area contributed by atoms with Gasteiger partial charge < -0.3 is 15.1 Å².